The molecule has 1 aliphatic carbocycles. The Hall–Kier alpha value is -0.820. The van der Waals surface area contributed by atoms with Crippen LogP contribution in [-0.4, -0.2) is 11.7 Å². The van der Waals surface area contributed by atoms with Crippen molar-refractivity contribution in [2.45, 2.75) is 19.3 Å². The molecule has 1 saturated carbocycles. The van der Waals surface area contributed by atoms with Gasteiger partial charge in [0.2, 0.25) is 0 Å². The van der Waals surface area contributed by atoms with Crippen LogP contribution >= 0.6 is 0 Å². The summed E-state index contributed by atoms with van der Waals surface area (Å²) in [6.07, 6.45) is 1.13. The monoisotopic (exact) mass is 162 g/mol. The number of hydrogen-bond acceptors (Lipinski definition) is 1. The van der Waals surface area contributed by atoms with E-state index in [1.807, 2.05) is 6.07 Å². The summed E-state index contributed by atoms with van der Waals surface area (Å²) in [6.45, 7) is 2.46. The zero-order valence-electron chi connectivity index (χ0n) is 7.33. The molecule has 1 N–H and O–H groups in total. The lowest BCUT2D eigenvalue weighted by Gasteiger charge is -2.05. The third-order valence-corrected chi connectivity index (χ3v) is 2.91. The fraction of sp³-hybridized carbons (Fsp3) is 0.455. The predicted molar refractivity (Wildman–Crippen MR) is 49.0 cm³/mol. The van der Waals surface area contributed by atoms with Crippen LogP contribution in [0, 0.1) is 5.41 Å². The number of aliphatic hydroxyl groups is 1. The number of aliphatic hydroxyl groups excluding tert-OH is 1. The van der Waals surface area contributed by atoms with Gasteiger partial charge in [0.1, 0.15) is 0 Å². The van der Waals surface area contributed by atoms with Crippen LogP contribution < -0.4 is 0 Å². The number of benzene rings is 1. The smallest absolute Gasteiger partial charge is 0.0490 e. The van der Waals surface area contributed by atoms with Crippen LogP contribution in [0.2, 0.25) is 0 Å². The molecule has 0 saturated heterocycles. The minimum atomic E-state index is 0.168. The second-order valence-electron chi connectivity index (χ2n) is 3.98. The van der Waals surface area contributed by atoms with Crippen molar-refractivity contribution in [2.24, 2.45) is 5.41 Å². The van der Waals surface area contributed by atoms with Crippen molar-refractivity contribution in [2.75, 3.05) is 6.61 Å². The molecule has 0 radical (unpaired) electrons. The molecule has 1 aromatic rings. The Balaban J connectivity index is 2.16. The first-order valence-electron chi connectivity index (χ1n) is 4.42. The van der Waals surface area contributed by atoms with E-state index in [0.717, 1.165) is 6.42 Å². The summed E-state index contributed by atoms with van der Waals surface area (Å²) in [5.74, 6) is 0.587. The summed E-state index contributed by atoms with van der Waals surface area (Å²) in [5, 5.41) is 9.10. The van der Waals surface area contributed by atoms with Gasteiger partial charge >= 0.3 is 0 Å². The van der Waals surface area contributed by atoms with E-state index < -0.39 is 0 Å². The van der Waals surface area contributed by atoms with Crippen LogP contribution in [0.4, 0.5) is 0 Å². The van der Waals surface area contributed by atoms with Crippen molar-refractivity contribution >= 4 is 0 Å². The van der Waals surface area contributed by atoms with Crippen LogP contribution in [-0.2, 0) is 0 Å². The van der Waals surface area contributed by atoms with Crippen molar-refractivity contribution in [3.05, 3.63) is 35.9 Å². The lowest BCUT2D eigenvalue weighted by Crippen LogP contribution is -2.02. The Morgan fingerprint density at radius 2 is 2.08 bits per heavy atom. The van der Waals surface area contributed by atoms with Crippen LogP contribution in [0.1, 0.15) is 24.8 Å². The van der Waals surface area contributed by atoms with Crippen molar-refractivity contribution in [1.29, 1.82) is 0 Å². The first kappa shape index (κ1) is 7.81. The highest BCUT2D eigenvalue weighted by atomic mass is 16.3. The van der Waals surface area contributed by atoms with Gasteiger partial charge in [0, 0.05) is 6.61 Å². The Kier molecular flexibility index (Phi) is 1.69. The molecule has 0 amide bonds. The van der Waals surface area contributed by atoms with E-state index in [9.17, 15) is 0 Å². The van der Waals surface area contributed by atoms with Gasteiger partial charge in [-0.3, -0.25) is 0 Å². The molecule has 64 valence electrons. The Morgan fingerprint density at radius 3 is 2.58 bits per heavy atom. The topological polar surface area (TPSA) is 20.2 Å². The van der Waals surface area contributed by atoms with Crippen molar-refractivity contribution < 1.29 is 5.11 Å². The normalized spacial score (nSPS) is 33.3. The average molecular weight is 162 g/mol. The van der Waals surface area contributed by atoms with E-state index in [-0.39, 0.29) is 5.41 Å². The molecule has 2 rings (SSSR count). The van der Waals surface area contributed by atoms with Crippen molar-refractivity contribution in [3.8, 4) is 0 Å². The highest BCUT2D eigenvalue weighted by Gasteiger charge is 2.49. The average Bonchev–Trinajstić information content (AvgIpc) is 2.81. The Bertz CT molecular complexity index is 268. The second kappa shape index (κ2) is 2.60. The molecule has 2 atom stereocenters. The largest absolute Gasteiger partial charge is 0.396 e. The van der Waals surface area contributed by atoms with Crippen LogP contribution in [0.15, 0.2) is 30.3 Å². The summed E-state index contributed by atoms with van der Waals surface area (Å²) in [6, 6.07) is 10.4. The van der Waals surface area contributed by atoms with Gasteiger partial charge in [-0.2, -0.15) is 0 Å². The maximum Gasteiger partial charge on any atom is 0.0490 e. The lowest BCUT2D eigenvalue weighted by molar-refractivity contribution is 0.220. The van der Waals surface area contributed by atoms with Gasteiger partial charge < -0.3 is 5.11 Å². The maximum absolute atomic E-state index is 9.10. The zero-order valence-corrected chi connectivity index (χ0v) is 7.33. The van der Waals surface area contributed by atoms with Crippen LogP contribution in [0.25, 0.3) is 0 Å². The van der Waals surface area contributed by atoms with Gasteiger partial charge in [-0.15, -0.1) is 0 Å². The molecule has 1 fully saturated rings. The van der Waals surface area contributed by atoms with Gasteiger partial charge in [0.15, 0.2) is 0 Å². The third-order valence-electron chi connectivity index (χ3n) is 2.91. The van der Waals surface area contributed by atoms with Crippen molar-refractivity contribution in [3.63, 3.8) is 0 Å². The van der Waals surface area contributed by atoms with Gasteiger partial charge in [-0.05, 0) is 23.3 Å². The second-order valence-corrected chi connectivity index (χ2v) is 3.98. The maximum atomic E-state index is 9.10. The SMILES string of the molecule is C[C@]1(CO)C[C@H]1c1ccccc1. The zero-order chi connectivity index (χ0) is 8.60. The highest BCUT2D eigenvalue weighted by molar-refractivity contribution is 5.28. The number of hydrogen-bond donors (Lipinski definition) is 1. The quantitative estimate of drug-likeness (QED) is 0.706. The first-order valence-corrected chi connectivity index (χ1v) is 4.42. The van der Waals surface area contributed by atoms with Crippen molar-refractivity contribution in [1.82, 2.24) is 0 Å². The highest BCUT2D eigenvalue weighted by Crippen LogP contribution is 2.58. The summed E-state index contributed by atoms with van der Waals surface area (Å²) in [5.41, 5.74) is 1.54. The van der Waals surface area contributed by atoms with E-state index in [1.54, 1.807) is 0 Å². The van der Waals surface area contributed by atoms with Crippen LogP contribution in [0.5, 0.6) is 0 Å². The predicted octanol–water partition coefficient (Wildman–Crippen LogP) is 2.17. The molecule has 0 unspecified atom stereocenters. The Morgan fingerprint density at radius 1 is 1.42 bits per heavy atom. The van der Waals surface area contributed by atoms with Gasteiger partial charge in [0.05, 0.1) is 0 Å². The van der Waals surface area contributed by atoms with E-state index in [1.165, 1.54) is 5.56 Å². The fourth-order valence-corrected chi connectivity index (χ4v) is 1.79. The molecule has 1 aliphatic rings. The molecule has 12 heavy (non-hydrogen) atoms. The molecule has 0 bridgehead atoms. The van der Waals surface area contributed by atoms with E-state index in [4.69, 9.17) is 5.11 Å². The first-order chi connectivity index (χ1) is 5.76. The third kappa shape index (κ3) is 1.14. The number of rotatable bonds is 2. The molecule has 1 nitrogen and oxygen atoms in total. The molecule has 0 aromatic heterocycles. The summed E-state index contributed by atoms with van der Waals surface area (Å²) >= 11 is 0. The summed E-state index contributed by atoms with van der Waals surface area (Å²) in [4.78, 5) is 0. The van der Waals surface area contributed by atoms with Crippen LogP contribution in [0.3, 0.4) is 0 Å². The minimum Gasteiger partial charge on any atom is -0.396 e. The van der Waals surface area contributed by atoms with Gasteiger partial charge in [-0.25, -0.2) is 0 Å². The van der Waals surface area contributed by atoms with E-state index >= 15 is 0 Å². The fourth-order valence-electron chi connectivity index (χ4n) is 1.79. The van der Waals surface area contributed by atoms with E-state index in [2.05, 4.69) is 31.2 Å². The molecule has 0 aliphatic heterocycles. The molecule has 0 heterocycles. The minimum absolute atomic E-state index is 0.168. The van der Waals surface area contributed by atoms with E-state index in [0.29, 0.717) is 12.5 Å². The lowest BCUT2D eigenvalue weighted by atomic mass is 10.0. The molecule has 0 spiro atoms. The summed E-state index contributed by atoms with van der Waals surface area (Å²) in [7, 11) is 0. The van der Waals surface area contributed by atoms with Gasteiger partial charge in [0.25, 0.3) is 0 Å². The standard InChI is InChI=1S/C11H14O/c1-11(8-12)7-10(11)9-5-3-2-4-6-9/h2-6,10,12H,7-8H2,1H3/t10-,11+/m0/s1. The molecule has 1 heteroatoms. The molecular formula is C11H14O. The Labute approximate surface area is 73.0 Å². The van der Waals surface area contributed by atoms with Gasteiger partial charge in [-0.1, -0.05) is 37.3 Å². The summed E-state index contributed by atoms with van der Waals surface area (Å²) < 4.78 is 0. The molecular weight excluding hydrogens is 148 g/mol. The molecule has 1 aromatic carbocycles.